The van der Waals surface area contributed by atoms with Gasteiger partial charge in [-0.3, -0.25) is 0 Å². The Balaban J connectivity index is 0.000000253. The van der Waals surface area contributed by atoms with Crippen LogP contribution in [0.5, 0.6) is 11.5 Å². The van der Waals surface area contributed by atoms with E-state index in [0.29, 0.717) is 21.7 Å². The van der Waals surface area contributed by atoms with Gasteiger partial charge in [-0.2, -0.15) is 0 Å². The Morgan fingerprint density at radius 2 is 1.47 bits per heavy atom. The first kappa shape index (κ1) is 27.8. The molecular formula is C27H27ClINO6. The van der Waals surface area contributed by atoms with Gasteiger partial charge in [0.15, 0.2) is 0 Å². The molecule has 36 heavy (non-hydrogen) atoms. The number of aromatic nitrogens is 1. The summed E-state index contributed by atoms with van der Waals surface area (Å²) < 4.78 is 12.1. The fourth-order valence-corrected chi connectivity index (χ4v) is 3.94. The lowest BCUT2D eigenvalue weighted by Gasteiger charge is -2.12. The minimum Gasteiger partial charge on any atom is -0.488 e. The normalized spacial score (nSPS) is 12.4. The van der Waals surface area contributed by atoms with Gasteiger partial charge in [0.25, 0.3) is 0 Å². The van der Waals surface area contributed by atoms with Gasteiger partial charge >= 0.3 is 5.97 Å². The largest absolute Gasteiger partial charge is 0.488 e. The Morgan fingerprint density at radius 3 is 1.97 bits per heavy atom. The zero-order valence-corrected chi connectivity index (χ0v) is 22.7. The third kappa shape index (κ3) is 7.36. The maximum Gasteiger partial charge on any atom is 0.337 e. The van der Waals surface area contributed by atoms with Crippen LogP contribution in [0.15, 0.2) is 66.9 Å². The van der Waals surface area contributed by atoms with Crippen molar-refractivity contribution < 1.29 is 29.6 Å². The average Bonchev–Trinajstić information content (AvgIpc) is 3.28. The molecule has 3 aromatic carbocycles. The molecule has 7 nitrogen and oxygen atoms in total. The fraction of sp³-hybridized carbons (Fsp3) is 0.222. The number of hydrogen-bond donors (Lipinski definition) is 4. The predicted molar refractivity (Wildman–Crippen MR) is 149 cm³/mol. The second kappa shape index (κ2) is 13.0. The summed E-state index contributed by atoms with van der Waals surface area (Å²) in [6, 6.07) is 18.5. The van der Waals surface area contributed by atoms with E-state index in [2.05, 4.69) is 27.6 Å². The van der Waals surface area contributed by atoms with Gasteiger partial charge in [0.05, 0.1) is 23.8 Å². The number of benzene rings is 3. The number of rotatable bonds is 8. The zero-order chi connectivity index (χ0) is 26.2. The number of aromatic amines is 1. The number of aromatic carboxylic acids is 1. The SMILES string of the molecule is CC(CO)Oc1ccc(-c2cc3c(C(=O)O)c[nH]c3cc2Cl)cc1.CC(CO)Oc1ccc(I)cc1. The predicted octanol–water partition coefficient (Wildman–Crippen LogP) is 6.00. The summed E-state index contributed by atoms with van der Waals surface area (Å²) in [5.41, 5.74) is 2.48. The van der Waals surface area contributed by atoms with Crippen molar-refractivity contribution in [1.29, 1.82) is 0 Å². The number of fused-ring (bicyclic) bond motifs is 1. The molecule has 0 amide bonds. The van der Waals surface area contributed by atoms with Crippen LogP contribution in [0, 0.1) is 3.57 Å². The summed E-state index contributed by atoms with van der Waals surface area (Å²) in [6.45, 7) is 3.59. The molecular weight excluding hydrogens is 597 g/mol. The van der Waals surface area contributed by atoms with E-state index in [4.69, 9.17) is 31.3 Å². The Bertz CT molecular complexity index is 1290. The van der Waals surface area contributed by atoms with Gasteiger partial charge in [-0.1, -0.05) is 23.7 Å². The lowest BCUT2D eigenvalue weighted by Crippen LogP contribution is -2.15. The summed E-state index contributed by atoms with van der Waals surface area (Å²) >= 11 is 8.58. The number of aliphatic hydroxyl groups is 2. The second-order valence-corrected chi connectivity index (χ2v) is 9.74. The highest BCUT2D eigenvalue weighted by Gasteiger charge is 2.14. The van der Waals surface area contributed by atoms with E-state index in [1.54, 1.807) is 31.2 Å². The number of H-pyrrole nitrogens is 1. The van der Waals surface area contributed by atoms with Crippen molar-refractivity contribution in [3.8, 4) is 22.6 Å². The number of aliphatic hydroxyl groups excluding tert-OH is 2. The van der Waals surface area contributed by atoms with E-state index in [1.165, 1.54) is 9.77 Å². The van der Waals surface area contributed by atoms with E-state index in [0.717, 1.165) is 16.9 Å². The molecule has 0 aliphatic rings. The summed E-state index contributed by atoms with van der Waals surface area (Å²) in [5, 5.41) is 28.1. The second-order valence-electron chi connectivity index (χ2n) is 8.09. The number of hydrogen-bond acceptors (Lipinski definition) is 5. The first-order valence-corrected chi connectivity index (χ1v) is 12.6. The molecule has 4 aromatic rings. The molecule has 1 aromatic heterocycles. The molecule has 0 spiro atoms. The third-order valence-electron chi connectivity index (χ3n) is 5.17. The van der Waals surface area contributed by atoms with Crippen molar-refractivity contribution >= 4 is 51.1 Å². The van der Waals surface area contributed by atoms with Crippen LogP contribution >= 0.6 is 34.2 Å². The van der Waals surface area contributed by atoms with Crippen LogP contribution < -0.4 is 9.47 Å². The van der Waals surface area contributed by atoms with Crippen LogP contribution in [0.3, 0.4) is 0 Å². The Kier molecular flexibility index (Phi) is 10.0. The molecule has 4 N–H and O–H groups in total. The molecule has 0 radical (unpaired) electrons. The van der Waals surface area contributed by atoms with Crippen LogP contribution in [-0.4, -0.2) is 51.7 Å². The van der Waals surface area contributed by atoms with E-state index in [9.17, 15) is 9.90 Å². The summed E-state index contributed by atoms with van der Waals surface area (Å²) in [4.78, 5) is 14.2. The highest BCUT2D eigenvalue weighted by atomic mass is 127. The standard InChI is InChI=1S/C18H16ClNO4.C9H11IO2/c1-10(9-21)24-12-4-2-11(3-5-12)13-6-14-15(18(22)23)8-20-17(14)7-16(13)19;1-7(6-11)12-9-4-2-8(10)3-5-9/h2-8,10,20-21H,9H2,1H3,(H,22,23);2-5,7,11H,6H2,1H3. The minimum atomic E-state index is -0.990. The molecule has 0 saturated carbocycles. The van der Waals surface area contributed by atoms with E-state index < -0.39 is 5.97 Å². The molecule has 2 atom stereocenters. The summed E-state index contributed by atoms with van der Waals surface area (Å²) in [6.07, 6.45) is 1.04. The van der Waals surface area contributed by atoms with Crippen LogP contribution in [0.1, 0.15) is 24.2 Å². The quantitative estimate of drug-likeness (QED) is 0.179. The molecule has 2 unspecified atom stereocenters. The lowest BCUT2D eigenvalue weighted by atomic mass is 10.0. The van der Waals surface area contributed by atoms with E-state index in [1.807, 2.05) is 43.3 Å². The Hall–Kier alpha value is -2.79. The first-order chi connectivity index (χ1) is 17.2. The smallest absolute Gasteiger partial charge is 0.337 e. The monoisotopic (exact) mass is 623 g/mol. The van der Waals surface area contributed by atoms with Gasteiger partial charge in [0.1, 0.15) is 23.7 Å². The van der Waals surface area contributed by atoms with Crippen LogP contribution in [0.2, 0.25) is 5.02 Å². The highest BCUT2D eigenvalue weighted by molar-refractivity contribution is 14.1. The van der Waals surface area contributed by atoms with Gasteiger partial charge < -0.3 is 29.8 Å². The Labute approximate surface area is 227 Å². The van der Waals surface area contributed by atoms with Crippen molar-refractivity contribution in [2.45, 2.75) is 26.1 Å². The van der Waals surface area contributed by atoms with Crippen LogP contribution in [0.25, 0.3) is 22.0 Å². The number of halogens is 2. The first-order valence-electron chi connectivity index (χ1n) is 11.2. The van der Waals surface area contributed by atoms with E-state index >= 15 is 0 Å². The lowest BCUT2D eigenvalue weighted by molar-refractivity contribution is 0.0699. The van der Waals surface area contributed by atoms with Crippen molar-refractivity contribution in [2.75, 3.05) is 13.2 Å². The van der Waals surface area contributed by atoms with Crippen LogP contribution in [-0.2, 0) is 0 Å². The van der Waals surface area contributed by atoms with Gasteiger partial charge in [-0.15, -0.1) is 0 Å². The molecule has 1 heterocycles. The molecule has 9 heteroatoms. The number of carboxylic acid groups (broad SMARTS) is 1. The topological polar surface area (TPSA) is 112 Å². The van der Waals surface area contributed by atoms with Gasteiger partial charge in [-0.05, 0) is 90.5 Å². The van der Waals surface area contributed by atoms with Crippen molar-refractivity contribution in [1.82, 2.24) is 4.98 Å². The molecule has 4 rings (SSSR count). The summed E-state index contributed by atoms with van der Waals surface area (Å²) in [5.74, 6) is 0.457. The van der Waals surface area contributed by atoms with Crippen LogP contribution in [0.4, 0.5) is 0 Å². The van der Waals surface area contributed by atoms with Crippen molar-refractivity contribution in [3.63, 3.8) is 0 Å². The Morgan fingerprint density at radius 1 is 0.944 bits per heavy atom. The molecule has 0 fully saturated rings. The fourth-order valence-electron chi connectivity index (χ4n) is 3.31. The van der Waals surface area contributed by atoms with Crippen molar-refractivity contribution in [2.24, 2.45) is 0 Å². The molecule has 0 aliphatic heterocycles. The van der Waals surface area contributed by atoms with Gasteiger partial charge in [0.2, 0.25) is 0 Å². The maximum atomic E-state index is 11.3. The molecule has 0 aliphatic carbocycles. The number of carbonyl (C=O) groups is 1. The summed E-state index contributed by atoms with van der Waals surface area (Å²) in [7, 11) is 0. The number of carboxylic acids is 1. The number of nitrogens with one attached hydrogen (secondary N) is 1. The van der Waals surface area contributed by atoms with E-state index in [-0.39, 0.29) is 31.0 Å². The van der Waals surface area contributed by atoms with Gasteiger partial charge in [0, 0.05) is 26.2 Å². The van der Waals surface area contributed by atoms with Gasteiger partial charge in [-0.25, -0.2) is 4.79 Å². The number of ether oxygens (including phenoxy) is 2. The maximum absolute atomic E-state index is 11.3. The highest BCUT2D eigenvalue weighted by Crippen LogP contribution is 2.34. The molecule has 0 bridgehead atoms. The molecule has 0 saturated heterocycles. The average molecular weight is 624 g/mol. The third-order valence-corrected chi connectivity index (χ3v) is 6.20. The zero-order valence-electron chi connectivity index (χ0n) is 19.7. The minimum absolute atomic E-state index is 0.0476. The molecule has 190 valence electrons. The van der Waals surface area contributed by atoms with Crippen molar-refractivity contribution in [3.05, 3.63) is 81.0 Å².